The molecule has 0 atom stereocenters. The molecule has 0 bridgehead atoms. The van der Waals surface area contributed by atoms with Crippen LogP contribution in [0.1, 0.15) is 15.9 Å². The molecule has 1 aromatic heterocycles. The number of sulfone groups is 1. The second kappa shape index (κ2) is 8.16. The summed E-state index contributed by atoms with van der Waals surface area (Å²) in [6.07, 6.45) is 1.13. The number of nitrogens with zero attached hydrogens (tertiary/aromatic N) is 2. The molecular formula is C23H20N4O3S. The average molecular weight is 433 g/mol. The van der Waals surface area contributed by atoms with Crippen molar-refractivity contribution in [2.24, 2.45) is 0 Å². The minimum atomic E-state index is -3.41. The van der Waals surface area contributed by atoms with Crippen LogP contribution in [-0.2, 0) is 9.84 Å². The molecule has 3 aromatic carbocycles. The van der Waals surface area contributed by atoms with Crippen LogP contribution in [-0.4, -0.2) is 35.8 Å². The number of aryl methyl sites for hydroxylation is 1. The van der Waals surface area contributed by atoms with Crippen molar-refractivity contribution in [3.63, 3.8) is 0 Å². The van der Waals surface area contributed by atoms with Gasteiger partial charge in [0.15, 0.2) is 21.5 Å². The summed E-state index contributed by atoms with van der Waals surface area (Å²) in [7, 11) is -3.41. The number of carbonyl (C=O) groups is 1. The van der Waals surface area contributed by atoms with Crippen molar-refractivity contribution in [1.82, 2.24) is 15.2 Å². The van der Waals surface area contributed by atoms with Gasteiger partial charge in [0.05, 0.1) is 4.90 Å². The molecule has 7 nitrogen and oxygen atoms in total. The van der Waals surface area contributed by atoms with E-state index in [1.807, 2.05) is 42.5 Å². The molecule has 156 valence electrons. The molecular weight excluding hydrogens is 412 g/mol. The van der Waals surface area contributed by atoms with Crippen LogP contribution >= 0.6 is 0 Å². The molecule has 31 heavy (non-hydrogen) atoms. The maximum absolute atomic E-state index is 12.6. The van der Waals surface area contributed by atoms with Crippen LogP contribution in [0, 0.1) is 6.92 Å². The Labute approximate surface area is 180 Å². The van der Waals surface area contributed by atoms with E-state index in [1.54, 1.807) is 31.2 Å². The number of amides is 1. The Morgan fingerprint density at radius 2 is 1.65 bits per heavy atom. The van der Waals surface area contributed by atoms with Crippen LogP contribution in [0.25, 0.3) is 22.8 Å². The lowest BCUT2D eigenvalue weighted by molar-refractivity contribution is 0.102. The van der Waals surface area contributed by atoms with Crippen LogP contribution in [0.2, 0.25) is 0 Å². The van der Waals surface area contributed by atoms with E-state index in [2.05, 4.69) is 20.5 Å². The Hall–Kier alpha value is -3.78. The lowest BCUT2D eigenvalue weighted by Crippen LogP contribution is -2.13. The molecule has 0 spiro atoms. The predicted octanol–water partition coefficient (Wildman–Crippen LogP) is 4.10. The molecule has 0 fully saturated rings. The van der Waals surface area contributed by atoms with Crippen molar-refractivity contribution in [1.29, 1.82) is 0 Å². The molecule has 4 aromatic rings. The van der Waals surface area contributed by atoms with Crippen molar-refractivity contribution in [2.45, 2.75) is 11.8 Å². The van der Waals surface area contributed by atoms with E-state index in [-0.39, 0.29) is 16.4 Å². The van der Waals surface area contributed by atoms with Gasteiger partial charge >= 0.3 is 0 Å². The first-order valence-corrected chi connectivity index (χ1v) is 11.4. The van der Waals surface area contributed by atoms with E-state index in [9.17, 15) is 13.2 Å². The molecule has 8 heteroatoms. The third kappa shape index (κ3) is 4.54. The fourth-order valence-electron chi connectivity index (χ4n) is 3.16. The monoisotopic (exact) mass is 432 g/mol. The molecule has 0 saturated carbocycles. The number of carbonyl (C=O) groups excluding carboxylic acids is 1. The van der Waals surface area contributed by atoms with Gasteiger partial charge in [0.1, 0.15) is 0 Å². The fraction of sp³-hybridized carbons (Fsp3) is 0.0870. The van der Waals surface area contributed by atoms with Gasteiger partial charge in [-0.05, 0) is 48.9 Å². The van der Waals surface area contributed by atoms with Gasteiger partial charge in [-0.25, -0.2) is 13.4 Å². The van der Waals surface area contributed by atoms with E-state index < -0.39 is 9.84 Å². The smallest absolute Gasteiger partial charge is 0.255 e. The van der Waals surface area contributed by atoms with E-state index in [4.69, 9.17) is 0 Å². The summed E-state index contributed by atoms with van der Waals surface area (Å²) in [5, 5.41) is 9.97. The number of nitrogens with one attached hydrogen (secondary N) is 2. The van der Waals surface area contributed by atoms with Crippen LogP contribution < -0.4 is 5.32 Å². The molecule has 0 unspecified atom stereocenters. The van der Waals surface area contributed by atoms with Crippen LogP contribution in [0.15, 0.2) is 77.7 Å². The van der Waals surface area contributed by atoms with Gasteiger partial charge < -0.3 is 5.32 Å². The van der Waals surface area contributed by atoms with Gasteiger partial charge in [0.2, 0.25) is 0 Å². The van der Waals surface area contributed by atoms with Gasteiger partial charge in [0.25, 0.3) is 5.91 Å². The number of anilines is 1. The Morgan fingerprint density at radius 3 is 2.32 bits per heavy atom. The van der Waals surface area contributed by atoms with Gasteiger partial charge in [-0.2, -0.15) is 5.10 Å². The van der Waals surface area contributed by atoms with Gasteiger partial charge in [0, 0.05) is 28.6 Å². The minimum Gasteiger partial charge on any atom is -0.322 e. The normalized spacial score (nSPS) is 11.3. The highest BCUT2D eigenvalue weighted by Crippen LogP contribution is 2.22. The summed E-state index contributed by atoms with van der Waals surface area (Å²) in [6, 6.07) is 21.4. The molecule has 0 saturated heterocycles. The molecule has 0 aliphatic carbocycles. The van der Waals surface area contributed by atoms with Crippen LogP contribution in [0.4, 0.5) is 5.69 Å². The highest BCUT2D eigenvalue weighted by Gasteiger charge is 2.15. The Balaban J connectivity index is 1.51. The Bertz CT molecular complexity index is 1350. The lowest BCUT2D eigenvalue weighted by Gasteiger charge is -2.09. The first-order valence-electron chi connectivity index (χ1n) is 9.51. The molecule has 1 heterocycles. The number of benzene rings is 3. The highest BCUT2D eigenvalue weighted by atomic mass is 32.2. The first-order chi connectivity index (χ1) is 14.8. The van der Waals surface area contributed by atoms with E-state index in [0.717, 1.165) is 17.4 Å². The number of aromatic nitrogens is 3. The average Bonchev–Trinajstić information content (AvgIpc) is 3.25. The number of H-pyrrole nitrogens is 1. The zero-order chi connectivity index (χ0) is 22.0. The summed E-state index contributed by atoms with van der Waals surface area (Å²) < 4.78 is 23.8. The molecule has 0 radical (unpaired) electrons. The molecule has 0 aliphatic rings. The van der Waals surface area contributed by atoms with Gasteiger partial charge in [-0.3, -0.25) is 9.89 Å². The lowest BCUT2D eigenvalue weighted by atomic mass is 10.1. The zero-order valence-electron chi connectivity index (χ0n) is 17.0. The molecule has 2 N–H and O–H groups in total. The van der Waals surface area contributed by atoms with Crippen LogP contribution in [0.3, 0.4) is 0 Å². The third-order valence-electron chi connectivity index (χ3n) is 4.78. The minimum absolute atomic E-state index is 0.148. The maximum Gasteiger partial charge on any atom is 0.255 e. The topological polar surface area (TPSA) is 105 Å². The standard InChI is InChI=1S/C23H20N4O3S/c1-15-8-9-18(14-20(15)31(2,29)30)23(28)24-19-12-10-17(11-13-19)22-25-21(26-27-22)16-6-4-3-5-7-16/h3-14H,1-2H3,(H,24,28)(H,25,26,27). The van der Waals surface area contributed by atoms with E-state index >= 15 is 0 Å². The first kappa shape index (κ1) is 20.5. The second-order valence-electron chi connectivity index (χ2n) is 7.16. The third-order valence-corrected chi connectivity index (χ3v) is 6.02. The number of hydrogen-bond donors (Lipinski definition) is 2. The number of aromatic amines is 1. The second-order valence-corrected chi connectivity index (χ2v) is 9.14. The summed E-state index contributed by atoms with van der Waals surface area (Å²) in [4.78, 5) is 17.3. The Morgan fingerprint density at radius 1 is 0.935 bits per heavy atom. The largest absolute Gasteiger partial charge is 0.322 e. The summed E-state index contributed by atoms with van der Waals surface area (Å²) in [5.41, 5.74) is 3.20. The van der Waals surface area contributed by atoms with Gasteiger partial charge in [-0.15, -0.1) is 0 Å². The van der Waals surface area contributed by atoms with E-state index in [0.29, 0.717) is 22.9 Å². The van der Waals surface area contributed by atoms with Crippen LogP contribution in [0.5, 0.6) is 0 Å². The maximum atomic E-state index is 12.6. The number of rotatable bonds is 5. The molecule has 0 aliphatic heterocycles. The number of hydrogen-bond acceptors (Lipinski definition) is 5. The zero-order valence-corrected chi connectivity index (χ0v) is 17.8. The molecule has 1 amide bonds. The SMILES string of the molecule is Cc1ccc(C(=O)Nc2ccc(-c3nc(-c4ccccc4)n[nH]3)cc2)cc1S(C)(=O)=O. The van der Waals surface area contributed by atoms with E-state index in [1.165, 1.54) is 6.07 Å². The van der Waals surface area contributed by atoms with Gasteiger partial charge in [-0.1, -0.05) is 36.4 Å². The van der Waals surface area contributed by atoms with Crippen molar-refractivity contribution < 1.29 is 13.2 Å². The summed E-state index contributed by atoms with van der Waals surface area (Å²) in [5.74, 6) is 0.839. The van der Waals surface area contributed by atoms with Crippen molar-refractivity contribution in [3.8, 4) is 22.8 Å². The predicted molar refractivity (Wildman–Crippen MR) is 119 cm³/mol. The Kier molecular flexibility index (Phi) is 5.39. The van der Waals surface area contributed by atoms with Crippen molar-refractivity contribution >= 4 is 21.4 Å². The molecule has 4 rings (SSSR count). The fourth-order valence-corrected chi connectivity index (χ4v) is 4.16. The summed E-state index contributed by atoms with van der Waals surface area (Å²) >= 11 is 0. The quantitative estimate of drug-likeness (QED) is 0.494. The highest BCUT2D eigenvalue weighted by molar-refractivity contribution is 7.90. The van der Waals surface area contributed by atoms with Crippen molar-refractivity contribution in [2.75, 3.05) is 11.6 Å². The van der Waals surface area contributed by atoms with Crippen molar-refractivity contribution in [3.05, 3.63) is 83.9 Å². The summed E-state index contributed by atoms with van der Waals surface area (Å²) in [6.45, 7) is 1.70.